The van der Waals surface area contributed by atoms with Gasteiger partial charge >= 0.3 is 0 Å². The maximum atomic E-state index is 13.3. The quantitative estimate of drug-likeness (QED) is 0.613. The second-order valence-corrected chi connectivity index (χ2v) is 8.28. The van der Waals surface area contributed by atoms with Crippen molar-refractivity contribution >= 4 is 29.3 Å². The van der Waals surface area contributed by atoms with Crippen LogP contribution in [0.3, 0.4) is 0 Å². The van der Waals surface area contributed by atoms with E-state index in [9.17, 15) is 14.0 Å². The Morgan fingerprint density at radius 2 is 2.07 bits per heavy atom. The fourth-order valence-electron chi connectivity index (χ4n) is 3.39. The van der Waals surface area contributed by atoms with E-state index in [2.05, 4.69) is 9.55 Å². The lowest BCUT2D eigenvalue weighted by atomic mass is 10.2. The topological polar surface area (TPSA) is 90.5 Å². The Morgan fingerprint density at radius 1 is 1.33 bits per heavy atom. The zero-order valence-electron chi connectivity index (χ0n) is 17.3. The average Bonchev–Trinajstić information content (AvgIpc) is 3.31. The summed E-state index contributed by atoms with van der Waals surface area (Å²) in [4.78, 5) is 30.3. The number of primary amides is 1. The molecule has 0 bridgehead atoms. The molecule has 1 unspecified atom stereocenters. The number of aromatic nitrogens is 2. The second-order valence-electron chi connectivity index (χ2n) is 7.34. The van der Waals surface area contributed by atoms with Gasteiger partial charge < -0.3 is 19.9 Å². The molecule has 2 amide bonds. The normalized spacial score (nSPS) is 16.0. The van der Waals surface area contributed by atoms with Gasteiger partial charge in [0.25, 0.3) is 0 Å². The molecule has 1 aliphatic rings. The van der Waals surface area contributed by atoms with Crippen molar-refractivity contribution in [3.63, 3.8) is 0 Å². The van der Waals surface area contributed by atoms with Crippen molar-refractivity contribution in [3.8, 4) is 0 Å². The van der Waals surface area contributed by atoms with E-state index in [1.807, 2.05) is 13.8 Å². The highest BCUT2D eigenvalue weighted by Crippen LogP contribution is 2.25. The smallest absolute Gasteiger partial charge is 0.237 e. The zero-order chi connectivity index (χ0) is 21.7. The van der Waals surface area contributed by atoms with Crippen LogP contribution in [-0.2, 0) is 20.9 Å². The summed E-state index contributed by atoms with van der Waals surface area (Å²) in [7, 11) is 0. The van der Waals surface area contributed by atoms with Crippen molar-refractivity contribution in [2.75, 3.05) is 23.8 Å². The van der Waals surface area contributed by atoms with Gasteiger partial charge in [0.05, 0.1) is 24.1 Å². The lowest BCUT2D eigenvalue weighted by Gasteiger charge is -2.22. The molecule has 2 N–H and O–H groups in total. The molecular formula is C21H27FN4O3S. The first-order valence-corrected chi connectivity index (χ1v) is 11.0. The molecule has 1 aliphatic heterocycles. The highest BCUT2D eigenvalue weighted by atomic mass is 32.2. The number of nitrogens with two attached hydrogens (primary N) is 1. The molecule has 2 aromatic rings. The van der Waals surface area contributed by atoms with Crippen LogP contribution in [0.4, 0.5) is 10.1 Å². The summed E-state index contributed by atoms with van der Waals surface area (Å²) in [6.07, 6.45) is 2.27. The Bertz CT molecular complexity index is 894. The minimum absolute atomic E-state index is 0.0274. The number of aryl methyl sites for hydroxylation is 1. The molecule has 1 atom stereocenters. The van der Waals surface area contributed by atoms with Gasteiger partial charge in [-0.2, -0.15) is 0 Å². The predicted molar refractivity (Wildman–Crippen MR) is 114 cm³/mol. The van der Waals surface area contributed by atoms with Crippen LogP contribution in [0.2, 0.25) is 0 Å². The Kier molecular flexibility index (Phi) is 7.49. The first kappa shape index (κ1) is 22.3. The summed E-state index contributed by atoms with van der Waals surface area (Å²) in [6.45, 7) is 5.60. The van der Waals surface area contributed by atoms with E-state index >= 15 is 0 Å². The van der Waals surface area contributed by atoms with Gasteiger partial charge in [-0.1, -0.05) is 11.8 Å². The predicted octanol–water partition coefficient (Wildman–Crippen LogP) is 2.82. The van der Waals surface area contributed by atoms with Gasteiger partial charge in [0.15, 0.2) is 5.16 Å². The standard InChI is InChI=1S/C21H27FN4O3S/c1-14-15(2)26(12-18-4-3-11-29-18)21(24-14)30-13-20(28)25(10-9-19(23)27)17-7-5-16(22)6-8-17/h5-8,18H,3-4,9-13H2,1-2H3,(H2,23,27). The summed E-state index contributed by atoms with van der Waals surface area (Å²) >= 11 is 1.35. The molecule has 0 saturated carbocycles. The van der Waals surface area contributed by atoms with Crippen LogP contribution in [0.15, 0.2) is 29.4 Å². The van der Waals surface area contributed by atoms with E-state index < -0.39 is 11.7 Å². The number of halogens is 1. The Morgan fingerprint density at radius 3 is 2.70 bits per heavy atom. The third-order valence-electron chi connectivity index (χ3n) is 5.18. The maximum Gasteiger partial charge on any atom is 0.237 e. The molecule has 1 saturated heterocycles. The van der Waals surface area contributed by atoms with Crippen LogP contribution < -0.4 is 10.6 Å². The van der Waals surface area contributed by atoms with Gasteiger partial charge in [-0.15, -0.1) is 0 Å². The number of hydrogen-bond acceptors (Lipinski definition) is 5. The number of ether oxygens (including phenoxy) is 1. The van der Waals surface area contributed by atoms with Crippen LogP contribution in [0, 0.1) is 19.7 Å². The molecule has 2 heterocycles. The van der Waals surface area contributed by atoms with Gasteiger partial charge in [0.1, 0.15) is 5.82 Å². The average molecular weight is 435 g/mol. The first-order valence-electron chi connectivity index (χ1n) is 9.97. The molecule has 7 nitrogen and oxygen atoms in total. The largest absolute Gasteiger partial charge is 0.376 e. The lowest BCUT2D eigenvalue weighted by molar-refractivity contribution is -0.118. The van der Waals surface area contributed by atoms with E-state index in [-0.39, 0.29) is 30.7 Å². The lowest BCUT2D eigenvalue weighted by Crippen LogP contribution is -2.35. The number of hydrogen-bond donors (Lipinski definition) is 1. The van der Waals surface area contributed by atoms with Crippen molar-refractivity contribution in [1.29, 1.82) is 0 Å². The third-order valence-corrected chi connectivity index (χ3v) is 6.14. The number of rotatable bonds is 9. The fraction of sp³-hybridized carbons (Fsp3) is 0.476. The molecule has 0 radical (unpaired) electrons. The van der Waals surface area contributed by atoms with E-state index in [1.54, 1.807) is 0 Å². The summed E-state index contributed by atoms with van der Waals surface area (Å²) in [5, 5.41) is 0.766. The van der Waals surface area contributed by atoms with Crippen molar-refractivity contribution < 1.29 is 18.7 Å². The molecule has 0 spiro atoms. The van der Waals surface area contributed by atoms with Crippen LogP contribution in [-0.4, -0.2) is 46.4 Å². The third kappa shape index (κ3) is 5.60. The molecule has 1 aromatic heterocycles. The van der Waals surface area contributed by atoms with Crippen LogP contribution in [0.25, 0.3) is 0 Å². The number of carbonyl (C=O) groups excluding carboxylic acids is 2. The monoisotopic (exact) mass is 434 g/mol. The SMILES string of the molecule is Cc1nc(SCC(=O)N(CCC(N)=O)c2ccc(F)cc2)n(CC2CCCO2)c1C. The minimum atomic E-state index is -0.499. The maximum absolute atomic E-state index is 13.3. The van der Waals surface area contributed by atoms with Crippen molar-refractivity contribution in [2.45, 2.75) is 50.9 Å². The fourth-order valence-corrected chi connectivity index (χ4v) is 4.36. The number of anilines is 1. The highest BCUT2D eigenvalue weighted by Gasteiger charge is 2.22. The summed E-state index contributed by atoms with van der Waals surface area (Å²) in [6, 6.07) is 5.61. The molecule has 3 rings (SSSR count). The summed E-state index contributed by atoms with van der Waals surface area (Å²) in [5.74, 6) is -0.953. The van der Waals surface area contributed by atoms with Gasteiger partial charge in [0.2, 0.25) is 11.8 Å². The van der Waals surface area contributed by atoms with Gasteiger partial charge in [0, 0.05) is 31.0 Å². The molecule has 0 aliphatic carbocycles. The number of imidazole rings is 1. The van der Waals surface area contributed by atoms with E-state index in [1.165, 1.54) is 40.9 Å². The van der Waals surface area contributed by atoms with Crippen LogP contribution in [0.1, 0.15) is 30.7 Å². The number of carbonyl (C=O) groups is 2. The van der Waals surface area contributed by atoms with Crippen molar-refractivity contribution in [1.82, 2.24) is 9.55 Å². The van der Waals surface area contributed by atoms with E-state index in [0.29, 0.717) is 12.2 Å². The summed E-state index contributed by atoms with van der Waals surface area (Å²) in [5.41, 5.74) is 7.77. The molecule has 1 aromatic carbocycles. The Labute approximate surface area is 179 Å². The van der Waals surface area contributed by atoms with Crippen LogP contribution >= 0.6 is 11.8 Å². The molecule has 162 valence electrons. The molecular weight excluding hydrogens is 407 g/mol. The van der Waals surface area contributed by atoms with E-state index in [4.69, 9.17) is 10.5 Å². The first-order chi connectivity index (χ1) is 14.3. The van der Waals surface area contributed by atoms with Crippen molar-refractivity contribution in [3.05, 3.63) is 41.5 Å². The molecule has 30 heavy (non-hydrogen) atoms. The number of nitrogens with zero attached hydrogens (tertiary/aromatic N) is 3. The number of thioether (sulfide) groups is 1. The minimum Gasteiger partial charge on any atom is -0.376 e. The van der Waals surface area contributed by atoms with Gasteiger partial charge in [-0.3, -0.25) is 9.59 Å². The molecule has 1 fully saturated rings. The molecule has 9 heteroatoms. The van der Waals surface area contributed by atoms with Crippen molar-refractivity contribution in [2.24, 2.45) is 5.73 Å². The van der Waals surface area contributed by atoms with Gasteiger partial charge in [-0.05, 0) is 51.0 Å². The number of benzene rings is 1. The second kappa shape index (κ2) is 10.1. The van der Waals surface area contributed by atoms with Crippen LogP contribution in [0.5, 0.6) is 0 Å². The highest BCUT2D eigenvalue weighted by molar-refractivity contribution is 7.99. The Hall–Kier alpha value is -2.39. The number of amides is 2. The summed E-state index contributed by atoms with van der Waals surface area (Å²) < 4.78 is 21.1. The van der Waals surface area contributed by atoms with Gasteiger partial charge in [-0.25, -0.2) is 9.37 Å². The zero-order valence-corrected chi connectivity index (χ0v) is 18.1. The van der Waals surface area contributed by atoms with E-state index in [0.717, 1.165) is 36.0 Å². The Balaban J connectivity index is 1.72.